The second kappa shape index (κ2) is 6.34. The number of hydrogen-bond donors (Lipinski definition) is 2. The van der Waals surface area contributed by atoms with E-state index in [1.807, 2.05) is 6.92 Å². The first-order valence-corrected chi connectivity index (χ1v) is 5.89. The molecule has 0 aliphatic carbocycles. The van der Waals surface area contributed by atoms with Gasteiger partial charge in [0.05, 0.1) is 0 Å². The monoisotopic (exact) mass is 240 g/mol. The molecule has 0 aliphatic heterocycles. The SMILES string of the molecule is CCNC(C)(CCCCn1cncn1)C(=O)O. The van der Waals surface area contributed by atoms with E-state index >= 15 is 0 Å². The topological polar surface area (TPSA) is 80.0 Å². The summed E-state index contributed by atoms with van der Waals surface area (Å²) in [7, 11) is 0. The lowest BCUT2D eigenvalue weighted by Crippen LogP contribution is -2.49. The fraction of sp³-hybridized carbons (Fsp3) is 0.727. The summed E-state index contributed by atoms with van der Waals surface area (Å²) in [5, 5.41) is 16.2. The van der Waals surface area contributed by atoms with Crippen LogP contribution in [0.2, 0.25) is 0 Å². The number of likely N-dealkylation sites (N-methyl/N-ethyl adjacent to an activating group) is 1. The molecule has 1 aromatic rings. The van der Waals surface area contributed by atoms with E-state index in [-0.39, 0.29) is 0 Å². The molecule has 0 fully saturated rings. The van der Waals surface area contributed by atoms with Gasteiger partial charge in [0.25, 0.3) is 0 Å². The Morgan fingerprint density at radius 3 is 2.82 bits per heavy atom. The highest BCUT2D eigenvalue weighted by atomic mass is 16.4. The highest BCUT2D eigenvalue weighted by Crippen LogP contribution is 2.14. The van der Waals surface area contributed by atoms with Gasteiger partial charge >= 0.3 is 5.97 Å². The summed E-state index contributed by atoms with van der Waals surface area (Å²) in [4.78, 5) is 15.0. The summed E-state index contributed by atoms with van der Waals surface area (Å²) in [6.45, 7) is 5.08. The summed E-state index contributed by atoms with van der Waals surface area (Å²) in [5.41, 5.74) is -0.822. The number of aliphatic carboxylic acids is 1. The zero-order valence-corrected chi connectivity index (χ0v) is 10.4. The molecule has 1 heterocycles. The van der Waals surface area contributed by atoms with E-state index in [1.165, 1.54) is 6.33 Å². The average molecular weight is 240 g/mol. The van der Waals surface area contributed by atoms with E-state index in [1.54, 1.807) is 17.9 Å². The molecular formula is C11H20N4O2. The van der Waals surface area contributed by atoms with Crippen LogP contribution in [0.3, 0.4) is 0 Å². The maximum Gasteiger partial charge on any atom is 0.323 e. The summed E-state index contributed by atoms with van der Waals surface area (Å²) in [5.74, 6) is -0.792. The van der Waals surface area contributed by atoms with Crippen LogP contribution in [0, 0.1) is 0 Å². The Bertz CT molecular complexity index is 339. The zero-order valence-electron chi connectivity index (χ0n) is 10.4. The van der Waals surface area contributed by atoms with Gasteiger partial charge in [-0.25, -0.2) is 4.98 Å². The first-order valence-electron chi connectivity index (χ1n) is 5.89. The first kappa shape index (κ1) is 13.6. The lowest BCUT2D eigenvalue weighted by molar-refractivity contribution is -0.144. The molecule has 1 aromatic heterocycles. The quantitative estimate of drug-likeness (QED) is 0.660. The first-order chi connectivity index (χ1) is 8.08. The maximum absolute atomic E-state index is 11.1. The minimum Gasteiger partial charge on any atom is -0.480 e. The minimum atomic E-state index is -0.822. The third-order valence-electron chi connectivity index (χ3n) is 2.82. The molecule has 0 bridgehead atoms. The van der Waals surface area contributed by atoms with Crippen molar-refractivity contribution in [3.63, 3.8) is 0 Å². The van der Waals surface area contributed by atoms with Crippen molar-refractivity contribution in [1.29, 1.82) is 0 Å². The van der Waals surface area contributed by atoms with Crippen LogP contribution in [0.5, 0.6) is 0 Å². The Hall–Kier alpha value is -1.43. The van der Waals surface area contributed by atoms with Crippen molar-refractivity contribution in [3.8, 4) is 0 Å². The highest BCUT2D eigenvalue weighted by molar-refractivity contribution is 5.78. The molecule has 6 nitrogen and oxygen atoms in total. The van der Waals surface area contributed by atoms with E-state index in [9.17, 15) is 4.79 Å². The van der Waals surface area contributed by atoms with Crippen LogP contribution in [0.15, 0.2) is 12.7 Å². The second-order valence-electron chi connectivity index (χ2n) is 4.28. The molecular weight excluding hydrogens is 220 g/mol. The van der Waals surface area contributed by atoms with Gasteiger partial charge in [0.2, 0.25) is 0 Å². The Kier molecular flexibility index (Phi) is 5.09. The van der Waals surface area contributed by atoms with Crippen LogP contribution >= 0.6 is 0 Å². The van der Waals surface area contributed by atoms with Crippen LogP contribution in [0.1, 0.15) is 33.1 Å². The number of aryl methyl sites for hydroxylation is 1. The van der Waals surface area contributed by atoms with E-state index in [0.717, 1.165) is 19.4 Å². The lowest BCUT2D eigenvalue weighted by Gasteiger charge is -2.25. The number of rotatable bonds is 8. The molecule has 1 rings (SSSR count). The van der Waals surface area contributed by atoms with Crippen molar-refractivity contribution in [2.75, 3.05) is 6.54 Å². The van der Waals surface area contributed by atoms with Crippen LogP contribution < -0.4 is 5.32 Å². The summed E-state index contributed by atoms with van der Waals surface area (Å²) in [6, 6.07) is 0. The third kappa shape index (κ3) is 4.14. The molecule has 0 radical (unpaired) electrons. The molecule has 1 atom stereocenters. The molecule has 0 saturated carbocycles. The van der Waals surface area contributed by atoms with Gasteiger partial charge in [-0.3, -0.25) is 9.48 Å². The van der Waals surface area contributed by atoms with Crippen molar-refractivity contribution in [2.45, 2.75) is 45.2 Å². The van der Waals surface area contributed by atoms with Crippen LogP contribution in [-0.4, -0.2) is 37.9 Å². The van der Waals surface area contributed by atoms with Crippen molar-refractivity contribution in [1.82, 2.24) is 20.1 Å². The molecule has 0 spiro atoms. The van der Waals surface area contributed by atoms with Gasteiger partial charge in [0, 0.05) is 6.54 Å². The Morgan fingerprint density at radius 2 is 2.29 bits per heavy atom. The van der Waals surface area contributed by atoms with Gasteiger partial charge < -0.3 is 10.4 Å². The third-order valence-corrected chi connectivity index (χ3v) is 2.82. The fourth-order valence-electron chi connectivity index (χ4n) is 1.76. The van der Waals surface area contributed by atoms with E-state index in [0.29, 0.717) is 13.0 Å². The lowest BCUT2D eigenvalue weighted by atomic mass is 9.95. The van der Waals surface area contributed by atoms with Gasteiger partial charge in [0.15, 0.2) is 0 Å². The number of nitrogens with one attached hydrogen (secondary N) is 1. The van der Waals surface area contributed by atoms with Gasteiger partial charge in [0.1, 0.15) is 18.2 Å². The number of hydrogen-bond acceptors (Lipinski definition) is 4. The minimum absolute atomic E-state index is 0.616. The second-order valence-corrected chi connectivity index (χ2v) is 4.28. The molecule has 1 unspecified atom stereocenters. The highest BCUT2D eigenvalue weighted by Gasteiger charge is 2.30. The predicted molar refractivity (Wildman–Crippen MR) is 63.6 cm³/mol. The molecule has 0 aliphatic rings. The van der Waals surface area contributed by atoms with Crippen LogP contribution in [-0.2, 0) is 11.3 Å². The van der Waals surface area contributed by atoms with Crippen molar-refractivity contribution >= 4 is 5.97 Å². The zero-order chi connectivity index (χ0) is 12.7. The molecule has 96 valence electrons. The Morgan fingerprint density at radius 1 is 1.53 bits per heavy atom. The summed E-state index contributed by atoms with van der Waals surface area (Å²) >= 11 is 0. The molecule has 2 N–H and O–H groups in total. The number of carboxylic acids is 1. The Balaban J connectivity index is 2.30. The van der Waals surface area contributed by atoms with Crippen molar-refractivity contribution < 1.29 is 9.90 Å². The van der Waals surface area contributed by atoms with Crippen molar-refractivity contribution in [2.24, 2.45) is 0 Å². The van der Waals surface area contributed by atoms with Crippen LogP contribution in [0.4, 0.5) is 0 Å². The van der Waals surface area contributed by atoms with E-state index in [2.05, 4.69) is 15.4 Å². The molecule has 0 aromatic carbocycles. The van der Waals surface area contributed by atoms with Gasteiger partial charge in [-0.2, -0.15) is 5.10 Å². The van der Waals surface area contributed by atoms with Gasteiger partial charge in [-0.05, 0) is 32.7 Å². The number of aromatic nitrogens is 3. The number of carbonyl (C=O) groups is 1. The van der Waals surface area contributed by atoms with Gasteiger partial charge in [-0.15, -0.1) is 0 Å². The Labute approximate surface area is 101 Å². The smallest absolute Gasteiger partial charge is 0.323 e. The van der Waals surface area contributed by atoms with Crippen molar-refractivity contribution in [3.05, 3.63) is 12.7 Å². The maximum atomic E-state index is 11.1. The largest absolute Gasteiger partial charge is 0.480 e. The number of carboxylic acid groups (broad SMARTS) is 1. The standard InChI is InChI=1S/C11H20N4O2/c1-3-13-11(2,10(16)17)6-4-5-7-15-9-12-8-14-15/h8-9,13H,3-7H2,1-2H3,(H,16,17). The number of nitrogens with zero attached hydrogens (tertiary/aromatic N) is 3. The predicted octanol–water partition coefficient (Wildman–Crippen LogP) is 0.901. The van der Waals surface area contributed by atoms with Crippen LogP contribution in [0.25, 0.3) is 0 Å². The molecule has 0 saturated heterocycles. The number of unbranched alkanes of at least 4 members (excludes halogenated alkanes) is 1. The summed E-state index contributed by atoms with van der Waals surface area (Å²) in [6.07, 6.45) is 5.53. The molecule has 6 heteroatoms. The van der Waals surface area contributed by atoms with E-state index < -0.39 is 11.5 Å². The normalized spacial score (nSPS) is 14.5. The summed E-state index contributed by atoms with van der Waals surface area (Å²) < 4.78 is 1.76. The molecule has 0 amide bonds. The fourth-order valence-corrected chi connectivity index (χ4v) is 1.76. The van der Waals surface area contributed by atoms with Gasteiger partial charge in [-0.1, -0.05) is 6.92 Å². The average Bonchev–Trinajstić information content (AvgIpc) is 2.77. The molecule has 17 heavy (non-hydrogen) atoms. The van der Waals surface area contributed by atoms with E-state index in [4.69, 9.17) is 5.11 Å².